The topological polar surface area (TPSA) is 24.4 Å². The van der Waals surface area contributed by atoms with Crippen molar-refractivity contribution >= 4 is 33.5 Å². The molecule has 0 amide bonds. The van der Waals surface area contributed by atoms with Gasteiger partial charge in [-0.25, -0.2) is 0 Å². The molecule has 0 aromatic heterocycles. The maximum absolute atomic E-state index is 4.53. The van der Waals surface area contributed by atoms with Gasteiger partial charge in [-0.3, -0.25) is 4.99 Å². The fraction of sp³-hybridized carbons (Fsp3) is 0.316. The van der Waals surface area contributed by atoms with E-state index in [4.69, 9.17) is 0 Å². The maximum atomic E-state index is 4.53. The van der Waals surface area contributed by atoms with Crippen molar-refractivity contribution in [3.63, 3.8) is 0 Å². The number of rotatable bonds is 4. The Bertz CT molecular complexity index is 628. The van der Waals surface area contributed by atoms with Crippen molar-refractivity contribution in [2.24, 2.45) is 4.99 Å². The highest BCUT2D eigenvalue weighted by atomic mass is 79.9. The first-order chi connectivity index (χ1) is 10.8. The lowest BCUT2D eigenvalue weighted by Gasteiger charge is -2.23. The van der Waals surface area contributed by atoms with Crippen LogP contribution in [0.2, 0.25) is 0 Å². The molecule has 1 N–H and O–H groups in total. The number of hydrogen-bond donors (Lipinski definition) is 1. The first-order valence-electron chi connectivity index (χ1n) is 7.96. The van der Waals surface area contributed by atoms with Crippen molar-refractivity contribution in [1.29, 1.82) is 0 Å². The summed E-state index contributed by atoms with van der Waals surface area (Å²) in [4.78, 5) is 4.53. The molecule has 1 saturated carbocycles. The summed E-state index contributed by atoms with van der Waals surface area (Å²) in [5, 5.41) is 3.63. The summed E-state index contributed by atoms with van der Waals surface area (Å²) in [6.07, 6.45) is 8.58. The highest BCUT2D eigenvalue weighted by molar-refractivity contribution is 9.10. The van der Waals surface area contributed by atoms with E-state index >= 15 is 0 Å². The van der Waals surface area contributed by atoms with Gasteiger partial charge in [-0.2, -0.15) is 0 Å². The van der Waals surface area contributed by atoms with Gasteiger partial charge in [0.2, 0.25) is 0 Å². The molecule has 114 valence electrons. The highest BCUT2D eigenvalue weighted by Crippen LogP contribution is 2.23. The Morgan fingerprint density at radius 3 is 2.50 bits per heavy atom. The lowest BCUT2D eigenvalue weighted by atomic mass is 9.95. The van der Waals surface area contributed by atoms with Gasteiger partial charge in [0.25, 0.3) is 0 Å². The largest absolute Gasteiger partial charge is 0.382 e. The van der Waals surface area contributed by atoms with E-state index in [2.05, 4.69) is 56.6 Å². The Hall–Kier alpha value is -1.61. The average molecular weight is 357 g/mol. The third kappa shape index (κ3) is 4.44. The van der Waals surface area contributed by atoms with Crippen LogP contribution in [0.1, 0.15) is 37.7 Å². The Kier molecular flexibility index (Phi) is 5.28. The Morgan fingerprint density at radius 1 is 1.00 bits per heavy atom. The molecule has 0 saturated heterocycles. The van der Waals surface area contributed by atoms with Gasteiger partial charge in [-0.1, -0.05) is 47.3 Å². The van der Waals surface area contributed by atoms with Crippen LogP contribution in [0.4, 0.5) is 11.4 Å². The lowest BCUT2D eigenvalue weighted by Crippen LogP contribution is -2.21. The zero-order valence-corrected chi connectivity index (χ0v) is 14.2. The fourth-order valence-corrected chi connectivity index (χ4v) is 3.28. The minimum absolute atomic E-state index is 0.643. The van der Waals surface area contributed by atoms with Gasteiger partial charge in [0, 0.05) is 22.4 Å². The molecule has 0 heterocycles. The van der Waals surface area contributed by atoms with Crippen molar-refractivity contribution in [1.82, 2.24) is 0 Å². The Balaban J connectivity index is 1.61. The number of nitrogens with one attached hydrogen (secondary N) is 1. The monoisotopic (exact) mass is 356 g/mol. The van der Waals surface area contributed by atoms with Crippen LogP contribution in [-0.4, -0.2) is 12.3 Å². The second-order valence-electron chi connectivity index (χ2n) is 5.84. The molecule has 0 unspecified atom stereocenters. The summed E-state index contributed by atoms with van der Waals surface area (Å²) in [7, 11) is 0. The van der Waals surface area contributed by atoms with Crippen LogP contribution in [-0.2, 0) is 0 Å². The zero-order chi connectivity index (χ0) is 15.2. The quantitative estimate of drug-likeness (QED) is 0.673. The average Bonchev–Trinajstić information content (AvgIpc) is 2.55. The zero-order valence-electron chi connectivity index (χ0n) is 12.6. The van der Waals surface area contributed by atoms with Crippen LogP contribution in [0.15, 0.2) is 58.0 Å². The van der Waals surface area contributed by atoms with Gasteiger partial charge >= 0.3 is 0 Å². The molecule has 1 aliphatic rings. The third-order valence-electron chi connectivity index (χ3n) is 4.05. The number of halogens is 1. The van der Waals surface area contributed by atoms with E-state index in [1.807, 2.05) is 24.4 Å². The molecular weight excluding hydrogens is 336 g/mol. The van der Waals surface area contributed by atoms with Crippen molar-refractivity contribution in [2.45, 2.75) is 38.1 Å². The van der Waals surface area contributed by atoms with E-state index < -0.39 is 0 Å². The van der Waals surface area contributed by atoms with E-state index in [1.54, 1.807) is 0 Å². The van der Waals surface area contributed by atoms with E-state index in [0.717, 1.165) is 15.7 Å². The minimum atomic E-state index is 0.643. The summed E-state index contributed by atoms with van der Waals surface area (Å²) >= 11 is 3.48. The molecule has 0 radical (unpaired) electrons. The molecule has 1 aliphatic carbocycles. The summed E-state index contributed by atoms with van der Waals surface area (Å²) in [5.41, 5.74) is 3.28. The first-order valence-corrected chi connectivity index (χ1v) is 8.75. The molecule has 22 heavy (non-hydrogen) atoms. The number of aliphatic imine (C=N–C) groups is 1. The number of nitrogens with zero attached hydrogens (tertiary/aromatic N) is 1. The van der Waals surface area contributed by atoms with Crippen LogP contribution in [0.25, 0.3) is 0 Å². The van der Waals surface area contributed by atoms with Crippen molar-refractivity contribution in [3.8, 4) is 0 Å². The lowest BCUT2D eigenvalue weighted by molar-refractivity contribution is 0.463. The van der Waals surface area contributed by atoms with Crippen LogP contribution in [0, 0.1) is 0 Å². The molecule has 0 atom stereocenters. The predicted octanol–water partition coefficient (Wildman–Crippen LogP) is 5.94. The first kappa shape index (κ1) is 15.3. The van der Waals surface area contributed by atoms with Crippen LogP contribution < -0.4 is 5.32 Å². The highest BCUT2D eigenvalue weighted by Gasteiger charge is 2.12. The van der Waals surface area contributed by atoms with E-state index in [9.17, 15) is 0 Å². The van der Waals surface area contributed by atoms with Gasteiger partial charge in [0.05, 0.1) is 5.69 Å². The molecule has 0 aliphatic heterocycles. The second-order valence-corrected chi connectivity index (χ2v) is 6.76. The molecular formula is C19H21BrN2. The van der Waals surface area contributed by atoms with E-state index in [-0.39, 0.29) is 0 Å². The summed E-state index contributed by atoms with van der Waals surface area (Å²) in [6, 6.07) is 17.2. The van der Waals surface area contributed by atoms with Crippen molar-refractivity contribution < 1.29 is 0 Å². The van der Waals surface area contributed by atoms with Gasteiger partial charge in [0.15, 0.2) is 0 Å². The number of hydrogen-bond acceptors (Lipinski definition) is 2. The molecule has 1 fully saturated rings. The SMILES string of the molecule is Brc1cccc(C=Nc2ccc(NC3CCCCC3)cc2)c1. The molecule has 0 bridgehead atoms. The fourth-order valence-electron chi connectivity index (χ4n) is 2.86. The van der Waals surface area contributed by atoms with E-state index in [1.165, 1.54) is 37.8 Å². The van der Waals surface area contributed by atoms with Crippen molar-refractivity contribution in [2.75, 3.05) is 5.32 Å². The normalized spacial score (nSPS) is 16.0. The Labute approximate surface area is 140 Å². The summed E-state index contributed by atoms with van der Waals surface area (Å²) in [6.45, 7) is 0. The molecule has 2 aromatic rings. The van der Waals surface area contributed by atoms with Gasteiger partial charge in [0.1, 0.15) is 0 Å². The van der Waals surface area contributed by atoms with Gasteiger partial charge in [-0.05, 0) is 54.8 Å². The smallest absolute Gasteiger partial charge is 0.0631 e. The standard InChI is InChI=1S/C19H21BrN2/c20-16-6-4-5-15(13-16)14-21-17-9-11-19(12-10-17)22-18-7-2-1-3-8-18/h4-6,9-14,18,22H,1-3,7-8H2. The van der Waals surface area contributed by atoms with E-state index in [0.29, 0.717) is 6.04 Å². The van der Waals surface area contributed by atoms with Crippen LogP contribution >= 0.6 is 15.9 Å². The summed E-state index contributed by atoms with van der Waals surface area (Å²) in [5.74, 6) is 0. The second kappa shape index (κ2) is 7.59. The molecule has 2 aromatic carbocycles. The number of benzene rings is 2. The third-order valence-corrected chi connectivity index (χ3v) is 4.55. The van der Waals surface area contributed by atoms with Gasteiger partial charge < -0.3 is 5.32 Å². The predicted molar refractivity (Wildman–Crippen MR) is 98.3 cm³/mol. The maximum Gasteiger partial charge on any atom is 0.0631 e. The number of anilines is 1. The molecule has 2 nitrogen and oxygen atoms in total. The molecule has 3 heteroatoms. The summed E-state index contributed by atoms with van der Waals surface area (Å²) < 4.78 is 1.07. The van der Waals surface area contributed by atoms with Crippen molar-refractivity contribution in [3.05, 3.63) is 58.6 Å². The minimum Gasteiger partial charge on any atom is -0.382 e. The van der Waals surface area contributed by atoms with Crippen LogP contribution in [0.5, 0.6) is 0 Å². The Morgan fingerprint density at radius 2 is 1.77 bits per heavy atom. The molecule has 0 spiro atoms. The molecule has 3 rings (SSSR count). The van der Waals surface area contributed by atoms with Gasteiger partial charge in [-0.15, -0.1) is 0 Å². The van der Waals surface area contributed by atoms with Crippen LogP contribution in [0.3, 0.4) is 0 Å².